The molecule has 0 atom stereocenters. The molecule has 1 aromatic carbocycles. The molecular formula is C12H15NO3. The summed E-state index contributed by atoms with van der Waals surface area (Å²) in [6.45, 7) is 2.98. The number of rotatable bonds is 4. The van der Waals surface area contributed by atoms with E-state index in [0.29, 0.717) is 18.7 Å². The van der Waals surface area contributed by atoms with Crippen LogP contribution < -0.4 is 14.8 Å². The van der Waals surface area contributed by atoms with Crippen molar-refractivity contribution >= 4 is 5.91 Å². The molecule has 0 saturated carbocycles. The molecule has 0 unspecified atom stereocenters. The van der Waals surface area contributed by atoms with Crippen LogP contribution in [0.3, 0.4) is 0 Å². The van der Waals surface area contributed by atoms with Crippen LogP contribution in [-0.2, 0) is 11.2 Å². The molecule has 0 aliphatic carbocycles. The molecule has 0 aromatic heterocycles. The highest BCUT2D eigenvalue weighted by Gasteiger charge is 2.18. The molecular weight excluding hydrogens is 206 g/mol. The number of carbonyl (C=O) groups is 1. The SMILES string of the molecule is CCCNC(=O)Cc1cccc2c1OCO2. The molecule has 4 heteroatoms. The molecule has 4 nitrogen and oxygen atoms in total. The van der Waals surface area contributed by atoms with Gasteiger partial charge in [-0.05, 0) is 12.5 Å². The smallest absolute Gasteiger partial charge is 0.231 e. The van der Waals surface area contributed by atoms with Crippen LogP contribution in [0.5, 0.6) is 11.5 Å². The maximum atomic E-state index is 11.6. The average Bonchev–Trinajstić information content (AvgIpc) is 2.75. The summed E-state index contributed by atoms with van der Waals surface area (Å²) < 4.78 is 10.6. The number of benzene rings is 1. The summed E-state index contributed by atoms with van der Waals surface area (Å²) in [5, 5.41) is 2.84. The van der Waals surface area contributed by atoms with Gasteiger partial charge in [0.05, 0.1) is 6.42 Å². The van der Waals surface area contributed by atoms with Crippen molar-refractivity contribution in [1.82, 2.24) is 5.32 Å². The molecule has 1 heterocycles. The second kappa shape index (κ2) is 4.88. The van der Waals surface area contributed by atoms with Crippen LogP contribution in [0.15, 0.2) is 18.2 Å². The predicted molar refractivity (Wildman–Crippen MR) is 59.6 cm³/mol. The normalized spacial score (nSPS) is 12.6. The van der Waals surface area contributed by atoms with Gasteiger partial charge in [0, 0.05) is 12.1 Å². The number of fused-ring (bicyclic) bond motifs is 1. The quantitative estimate of drug-likeness (QED) is 0.837. The van der Waals surface area contributed by atoms with Gasteiger partial charge in [-0.2, -0.15) is 0 Å². The van der Waals surface area contributed by atoms with Crippen molar-refractivity contribution in [1.29, 1.82) is 0 Å². The molecule has 2 rings (SSSR count). The van der Waals surface area contributed by atoms with Gasteiger partial charge >= 0.3 is 0 Å². The summed E-state index contributed by atoms with van der Waals surface area (Å²) >= 11 is 0. The van der Waals surface area contributed by atoms with E-state index in [1.807, 2.05) is 25.1 Å². The summed E-state index contributed by atoms with van der Waals surface area (Å²) in [4.78, 5) is 11.6. The van der Waals surface area contributed by atoms with E-state index in [-0.39, 0.29) is 12.7 Å². The second-order valence-electron chi connectivity index (χ2n) is 3.68. The third-order valence-electron chi connectivity index (χ3n) is 2.40. The van der Waals surface area contributed by atoms with E-state index in [4.69, 9.17) is 9.47 Å². The Bertz CT molecular complexity index is 390. The zero-order valence-corrected chi connectivity index (χ0v) is 9.29. The Kier molecular flexibility index (Phi) is 3.29. The van der Waals surface area contributed by atoms with Crippen LogP contribution in [-0.4, -0.2) is 19.2 Å². The van der Waals surface area contributed by atoms with Gasteiger partial charge in [0.25, 0.3) is 0 Å². The Balaban J connectivity index is 2.04. The zero-order chi connectivity index (χ0) is 11.4. The Hall–Kier alpha value is -1.71. The molecule has 1 amide bonds. The van der Waals surface area contributed by atoms with Gasteiger partial charge < -0.3 is 14.8 Å². The number of hydrogen-bond acceptors (Lipinski definition) is 3. The summed E-state index contributed by atoms with van der Waals surface area (Å²) in [7, 11) is 0. The van der Waals surface area contributed by atoms with Gasteiger partial charge in [-0.25, -0.2) is 0 Å². The van der Waals surface area contributed by atoms with Crippen LogP contribution >= 0.6 is 0 Å². The maximum absolute atomic E-state index is 11.6. The van der Waals surface area contributed by atoms with Gasteiger partial charge in [0.2, 0.25) is 12.7 Å². The minimum atomic E-state index is 0.0192. The minimum Gasteiger partial charge on any atom is -0.454 e. The van der Waals surface area contributed by atoms with Gasteiger partial charge in [0.15, 0.2) is 11.5 Å². The van der Waals surface area contributed by atoms with Gasteiger partial charge in [-0.1, -0.05) is 19.1 Å². The van der Waals surface area contributed by atoms with Crippen molar-refractivity contribution in [2.75, 3.05) is 13.3 Å². The van der Waals surface area contributed by atoms with E-state index in [2.05, 4.69) is 5.32 Å². The van der Waals surface area contributed by atoms with Crippen LogP contribution in [0.2, 0.25) is 0 Å². The molecule has 1 aliphatic rings. The topological polar surface area (TPSA) is 47.6 Å². The maximum Gasteiger partial charge on any atom is 0.231 e. The summed E-state index contributed by atoms with van der Waals surface area (Å²) in [6.07, 6.45) is 1.28. The lowest BCUT2D eigenvalue weighted by Gasteiger charge is -2.06. The van der Waals surface area contributed by atoms with Crippen LogP contribution in [0.4, 0.5) is 0 Å². The summed E-state index contributed by atoms with van der Waals surface area (Å²) in [6, 6.07) is 5.60. The first-order valence-electron chi connectivity index (χ1n) is 5.45. The standard InChI is InChI=1S/C12H15NO3/c1-2-6-13-11(14)7-9-4-3-5-10-12(9)16-8-15-10/h3-5H,2,6-8H2,1H3,(H,13,14). The van der Waals surface area contributed by atoms with Crippen LogP contribution in [0.1, 0.15) is 18.9 Å². The largest absolute Gasteiger partial charge is 0.454 e. The lowest BCUT2D eigenvalue weighted by atomic mass is 10.1. The molecule has 86 valence electrons. The minimum absolute atomic E-state index is 0.0192. The van der Waals surface area contributed by atoms with Gasteiger partial charge in [-0.3, -0.25) is 4.79 Å². The molecule has 0 saturated heterocycles. The molecule has 0 bridgehead atoms. The Labute approximate surface area is 94.6 Å². The van der Waals surface area contributed by atoms with Gasteiger partial charge in [0.1, 0.15) is 0 Å². The van der Waals surface area contributed by atoms with Crippen LogP contribution in [0.25, 0.3) is 0 Å². The molecule has 0 fully saturated rings. The number of para-hydroxylation sites is 1. The van der Waals surface area contributed by atoms with Crippen molar-refractivity contribution in [3.63, 3.8) is 0 Å². The first-order chi connectivity index (χ1) is 7.81. The molecule has 0 radical (unpaired) electrons. The third kappa shape index (κ3) is 2.27. The van der Waals surface area contributed by atoms with Crippen molar-refractivity contribution in [3.8, 4) is 11.5 Å². The fourth-order valence-corrected chi connectivity index (χ4v) is 1.63. The van der Waals surface area contributed by atoms with Crippen molar-refractivity contribution < 1.29 is 14.3 Å². The number of ether oxygens (including phenoxy) is 2. The van der Waals surface area contributed by atoms with E-state index in [1.54, 1.807) is 0 Å². The Morgan fingerprint density at radius 3 is 3.12 bits per heavy atom. The number of amides is 1. The van der Waals surface area contributed by atoms with E-state index in [9.17, 15) is 4.79 Å². The fourth-order valence-electron chi connectivity index (χ4n) is 1.63. The van der Waals surface area contributed by atoms with Gasteiger partial charge in [-0.15, -0.1) is 0 Å². The number of hydrogen-bond donors (Lipinski definition) is 1. The zero-order valence-electron chi connectivity index (χ0n) is 9.29. The lowest BCUT2D eigenvalue weighted by Crippen LogP contribution is -2.25. The number of carbonyl (C=O) groups excluding carboxylic acids is 1. The van der Waals surface area contributed by atoms with Crippen LogP contribution in [0, 0.1) is 0 Å². The second-order valence-corrected chi connectivity index (χ2v) is 3.68. The Morgan fingerprint density at radius 1 is 1.44 bits per heavy atom. The average molecular weight is 221 g/mol. The van der Waals surface area contributed by atoms with Crippen molar-refractivity contribution in [3.05, 3.63) is 23.8 Å². The van der Waals surface area contributed by atoms with E-state index >= 15 is 0 Å². The monoisotopic (exact) mass is 221 g/mol. The first kappa shape index (κ1) is 10.8. The summed E-state index contributed by atoms with van der Waals surface area (Å²) in [5.41, 5.74) is 0.878. The van der Waals surface area contributed by atoms with Crippen molar-refractivity contribution in [2.45, 2.75) is 19.8 Å². The predicted octanol–water partition coefficient (Wildman–Crippen LogP) is 1.48. The molecule has 0 spiro atoms. The Morgan fingerprint density at radius 2 is 2.31 bits per heavy atom. The highest BCUT2D eigenvalue weighted by molar-refractivity contribution is 5.79. The lowest BCUT2D eigenvalue weighted by molar-refractivity contribution is -0.120. The van der Waals surface area contributed by atoms with E-state index < -0.39 is 0 Å². The highest BCUT2D eigenvalue weighted by atomic mass is 16.7. The first-order valence-corrected chi connectivity index (χ1v) is 5.45. The molecule has 16 heavy (non-hydrogen) atoms. The molecule has 1 aromatic rings. The van der Waals surface area contributed by atoms with Crippen molar-refractivity contribution in [2.24, 2.45) is 0 Å². The fraction of sp³-hybridized carbons (Fsp3) is 0.417. The summed E-state index contributed by atoms with van der Waals surface area (Å²) in [5.74, 6) is 1.45. The molecule has 1 aliphatic heterocycles. The van der Waals surface area contributed by atoms with E-state index in [1.165, 1.54) is 0 Å². The van der Waals surface area contributed by atoms with E-state index in [0.717, 1.165) is 17.7 Å². The number of nitrogens with one attached hydrogen (secondary N) is 1. The highest BCUT2D eigenvalue weighted by Crippen LogP contribution is 2.35. The third-order valence-corrected chi connectivity index (χ3v) is 2.40. The molecule has 1 N–H and O–H groups in total.